The summed E-state index contributed by atoms with van der Waals surface area (Å²) in [7, 11) is 1.44. The number of hydrogen-bond donors (Lipinski definition) is 2. The molecule has 2 aromatic rings. The average molecular weight is 468 g/mol. The van der Waals surface area contributed by atoms with E-state index < -0.39 is 37.0 Å². The molecule has 2 heterocycles. The second kappa shape index (κ2) is 10.3. The molecule has 2 aromatic heterocycles. The molecule has 0 atom stereocenters. The SMILES string of the molecule is COc1ncc(-c2ccc(N(C(=O)NCC(F)(F)F)[C@H]3CC[C@H](OC(N)=O)CC3)nc2)cn1. The molecule has 0 radical (unpaired) electrons. The summed E-state index contributed by atoms with van der Waals surface area (Å²) in [5.74, 6) is 0.187. The zero-order chi connectivity index (χ0) is 24.0. The van der Waals surface area contributed by atoms with Gasteiger partial charge in [-0.2, -0.15) is 13.2 Å². The highest BCUT2D eigenvalue weighted by molar-refractivity contribution is 5.91. The van der Waals surface area contributed by atoms with Crippen molar-refractivity contribution in [1.82, 2.24) is 20.3 Å². The van der Waals surface area contributed by atoms with Crippen LogP contribution in [-0.2, 0) is 4.74 Å². The van der Waals surface area contributed by atoms with Crippen LogP contribution >= 0.6 is 0 Å². The van der Waals surface area contributed by atoms with Crippen LogP contribution in [0.15, 0.2) is 30.7 Å². The Hall–Kier alpha value is -3.64. The van der Waals surface area contributed by atoms with Crippen LogP contribution in [0.5, 0.6) is 6.01 Å². The summed E-state index contributed by atoms with van der Waals surface area (Å²) in [5, 5.41) is 1.90. The van der Waals surface area contributed by atoms with E-state index in [2.05, 4.69) is 15.0 Å². The monoisotopic (exact) mass is 468 g/mol. The Kier molecular flexibility index (Phi) is 7.51. The van der Waals surface area contributed by atoms with E-state index in [0.29, 0.717) is 36.8 Å². The van der Waals surface area contributed by atoms with Crippen LogP contribution in [-0.4, -0.2) is 59.1 Å². The number of nitrogens with zero attached hydrogens (tertiary/aromatic N) is 4. The molecule has 3 N–H and O–H groups in total. The number of primary amides is 1. The lowest BCUT2D eigenvalue weighted by molar-refractivity contribution is -0.122. The number of hydrogen-bond acceptors (Lipinski definition) is 7. The number of nitrogens with two attached hydrogens (primary N) is 1. The first-order chi connectivity index (χ1) is 15.7. The minimum Gasteiger partial charge on any atom is -0.467 e. The fourth-order valence-electron chi connectivity index (χ4n) is 3.57. The van der Waals surface area contributed by atoms with Gasteiger partial charge in [0.25, 0.3) is 0 Å². The molecule has 1 saturated carbocycles. The van der Waals surface area contributed by atoms with Crippen molar-refractivity contribution in [2.24, 2.45) is 5.73 Å². The number of halogens is 3. The molecule has 0 saturated heterocycles. The highest BCUT2D eigenvalue weighted by atomic mass is 19.4. The van der Waals surface area contributed by atoms with Gasteiger partial charge in [-0.1, -0.05) is 0 Å². The number of alkyl halides is 3. The van der Waals surface area contributed by atoms with Crippen molar-refractivity contribution in [3.05, 3.63) is 30.7 Å². The molecule has 0 aromatic carbocycles. The van der Waals surface area contributed by atoms with Crippen LogP contribution in [0.2, 0.25) is 0 Å². The second-order valence-corrected chi connectivity index (χ2v) is 7.37. The Morgan fingerprint density at radius 1 is 1.09 bits per heavy atom. The van der Waals surface area contributed by atoms with Crippen molar-refractivity contribution in [1.29, 1.82) is 0 Å². The molecular formula is C20H23F3N6O4. The van der Waals surface area contributed by atoms with Gasteiger partial charge < -0.3 is 20.5 Å². The van der Waals surface area contributed by atoms with Crippen molar-refractivity contribution in [3.8, 4) is 17.1 Å². The summed E-state index contributed by atoms with van der Waals surface area (Å²) >= 11 is 0. The van der Waals surface area contributed by atoms with Crippen LogP contribution in [0, 0.1) is 0 Å². The third-order valence-electron chi connectivity index (χ3n) is 5.09. The van der Waals surface area contributed by atoms with E-state index in [-0.39, 0.29) is 11.8 Å². The van der Waals surface area contributed by atoms with Gasteiger partial charge in [-0.05, 0) is 37.8 Å². The second-order valence-electron chi connectivity index (χ2n) is 7.37. The van der Waals surface area contributed by atoms with Gasteiger partial charge in [0.1, 0.15) is 18.5 Å². The van der Waals surface area contributed by atoms with Crippen molar-refractivity contribution in [3.63, 3.8) is 0 Å². The van der Waals surface area contributed by atoms with E-state index >= 15 is 0 Å². The lowest BCUT2D eigenvalue weighted by Crippen LogP contribution is -2.50. The van der Waals surface area contributed by atoms with Crippen LogP contribution in [0.4, 0.5) is 28.6 Å². The number of carbonyl (C=O) groups excluding carboxylic acids is 2. The van der Waals surface area contributed by atoms with Crippen LogP contribution < -0.4 is 20.7 Å². The summed E-state index contributed by atoms with van der Waals surface area (Å²) in [6, 6.07) is 2.05. The molecule has 0 bridgehead atoms. The standard InChI is InChI=1S/C20H23F3N6O4/c1-32-18-26-9-13(10-27-18)12-2-7-16(25-8-12)29(19(31)28-11-20(21,22)23)14-3-5-15(6-4-14)33-17(24)30/h2,7-10,14-15H,3-6,11H2,1H3,(H2,24,30)(H,28,31)/t14-,15-. The topological polar surface area (TPSA) is 133 Å². The zero-order valence-electron chi connectivity index (χ0n) is 17.7. The molecule has 178 valence electrons. The van der Waals surface area contributed by atoms with Gasteiger partial charge >= 0.3 is 24.3 Å². The Morgan fingerprint density at radius 2 is 1.73 bits per heavy atom. The quantitative estimate of drug-likeness (QED) is 0.666. The Labute approximate surface area is 187 Å². The van der Waals surface area contributed by atoms with Crippen molar-refractivity contribution < 1.29 is 32.2 Å². The molecule has 0 spiro atoms. The molecule has 0 aliphatic heterocycles. The molecule has 10 nitrogen and oxygen atoms in total. The third kappa shape index (κ3) is 6.67. The van der Waals surface area contributed by atoms with Gasteiger partial charge in [-0.15, -0.1) is 0 Å². The van der Waals surface area contributed by atoms with E-state index in [9.17, 15) is 22.8 Å². The highest BCUT2D eigenvalue weighted by Crippen LogP contribution is 2.29. The number of aromatic nitrogens is 3. The summed E-state index contributed by atoms with van der Waals surface area (Å²) < 4.78 is 47.9. The average Bonchev–Trinajstić information content (AvgIpc) is 2.79. The van der Waals surface area contributed by atoms with Crippen LogP contribution in [0.25, 0.3) is 11.1 Å². The normalized spacial score (nSPS) is 18.3. The number of ether oxygens (including phenoxy) is 2. The highest BCUT2D eigenvalue weighted by Gasteiger charge is 2.34. The molecule has 3 rings (SSSR count). The van der Waals surface area contributed by atoms with Gasteiger partial charge in [0.05, 0.1) is 7.11 Å². The third-order valence-corrected chi connectivity index (χ3v) is 5.09. The number of pyridine rings is 1. The molecule has 3 amide bonds. The Morgan fingerprint density at radius 3 is 2.24 bits per heavy atom. The van der Waals surface area contributed by atoms with Crippen molar-refractivity contribution in [2.45, 2.75) is 44.0 Å². The minimum atomic E-state index is -4.56. The number of rotatable bonds is 6. The maximum absolute atomic E-state index is 12.7. The first-order valence-electron chi connectivity index (χ1n) is 10.1. The first-order valence-corrected chi connectivity index (χ1v) is 10.1. The van der Waals surface area contributed by atoms with Crippen molar-refractivity contribution >= 4 is 17.9 Å². The van der Waals surface area contributed by atoms with Gasteiger partial charge in [-0.3, -0.25) is 4.90 Å². The largest absolute Gasteiger partial charge is 0.467 e. The predicted molar refractivity (Wildman–Crippen MR) is 110 cm³/mol. The molecule has 1 aliphatic rings. The molecule has 0 unspecified atom stereocenters. The fraction of sp³-hybridized carbons (Fsp3) is 0.450. The number of urea groups is 1. The van der Waals surface area contributed by atoms with Crippen molar-refractivity contribution in [2.75, 3.05) is 18.6 Å². The summed E-state index contributed by atoms with van der Waals surface area (Å²) in [5.41, 5.74) is 6.34. The maximum atomic E-state index is 12.7. The van der Waals surface area contributed by atoms with Gasteiger partial charge in [0.15, 0.2) is 0 Å². The summed E-state index contributed by atoms with van der Waals surface area (Å²) in [6.45, 7) is -1.47. The number of carbonyl (C=O) groups is 2. The molecule has 1 fully saturated rings. The maximum Gasteiger partial charge on any atom is 0.405 e. The molecule has 1 aliphatic carbocycles. The molecule has 13 heteroatoms. The van der Waals surface area contributed by atoms with E-state index in [0.717, 1.165) is 0 Å². The van der Waals surface area contributed by atoms with E-state index in [4.69, 9.17) is 15.2 Å². The van der Waals surface area contributed by atoms with Gasteiger partial charge in [-0.25, -0.2) is 24.5 Å². The number of amides is 3. The Balaban J connectivity index is 1.79. The van der Waals surface area contributed by atoms with Gasteiger partial charge in [0.2, 0.25) is 0 Å². The number of methoxy groups -OCH3 is 1. The first kappa shape index (κ1) is 24.0. The predicted octanol–water partition coefficient (Wildman–Crippen LogP) is 3.03. The lowest BCUT2D eigenvalue weighted by atomic mass is 9.92. The molecular weight excluding hydrogens is 445 g/mol. The number of anilines is 1. The Bertz CT molecular complexity index is 948. The smallest absolute Gasteiger partial charge is 0.405 e. The van der Waals surface area contributed by atoms with Crippen LogP contribution in [0.3, 0.4) is 0 Å². The van der Waals surface area contributed by atoms with E-state index in [1.54, 1.807) is 12.1 Å². The van der Waals surface area contributed by atoms with E-state index in [1.165, 1.54) is 30.6 Å². The summed E-state index contributed by atoms with van der Waals surface area (Å²) in [4.78, 5) is 37.2. The lowest BCUT2D eigenvalue weighted by Gasteiger charge is -2.36. The zero-order valence-corrected chi connectivity index (χ0v) is 17.7. The van der Waals surface area contributed by atoms with E-state index in [1.807, 2.05) is 5.32 Å². The summed E-state index contributed by atoms with van der Waals surface area (Å²) in [6.07, 6.45) is 0.331. The van der Waals surface area contributed by atoms with Gasteiger partial charge in [0, 0.05) is 35.8 Å². The number of nitrogens with one attached hydrogen (secondary N) is 1. The minimum absolute atomic E-state index is 0.187. The molecule has 33 heavy (non-hydrogen) atoms. The fourth-order valence-corrected chi connectivity index (χ4v) is 3.57. The van der Waals surface area contributed by atoms with Crippen LogP contribution in [0.1, 0.15) is 25.7 Å².